The van der Waals surface area contributed by atoms with Crippen LogP contribution in [0.3, 0.4) is 0 Å². The molecular formula is C26H18BrClN2O7. The van der Waals surface area contributed by atoms with Crippen molar-refractivity contribution in [3.05, 3.63) is 102 Å². The Balaban J connectivity index is 1.66. The van der Waals surface area contributed by atoms with Crippen molar-refractivity contribution in [1.82, 2.24) is 0 Å². The Hall–Kier alpha value is -4.02. The van der Waals surface area contributed by atoms with Crippen LogP contribution in [0.15, 0.2) is 69.8 Å². The number of nitro benzene ring substituents is 1. The summed E-state index contributed by atoms with van der Waals surface area (Å²) in [5.41, 5.74) is 1.71. The maximum Gasteiger partial charge on any atom is 0.363 e. The molecule has 0 bridgehead atoms. The molecule has 0 atom stereocenters. The number of aryl methyl sites for hydroxylation is 1. The van der Waals surface area contributed by atoms with Crippen molar-refractivity contribution in [3.8, 4) is 11.5 Å². The molecule has 0 spiro atoms. The van der Waals surface area contributed by atoms with E-state index in [1.54, 1.807) is 31.2 Å². The predicted octanol–water partition coefficient (Wildman–Crippen LogP) is 6.28. The van der Waals surface area contributed by atoms with E-state index < -0.39 is 16.9 Å². The number of non-ortho nitro benzene ring substituents is 1. The first-order valence-electron chi connectivity index (χ1n) is 10.9. The fourth-order valence-electron chi connectivity index (χ4n) is 3.46. The van der Waals surface area contributed by atoms with Crippen LogP contribution in [0.5, 0.6) is 11.5 Å². The monoisotopic (exact) mass is 584 g/mol. The Labute approximate surface area is 224 Å². The highest BCUT2D eigenvalue weighted by Crippen LogP contribution is 2.38. The van der Waals surface area contributed by atoms with Crippen molar-refractivity contribution in [2.24, 2.45) is 4.99 Å². The number of hydrogen-bond acceptors (Lipinski definition) is 8. The van der Waals surface area contributed by atoms with Gasteiger partial charge in [0, 0.05) is 12.1 Å². The van der Waals surface area contributed by atoms with Gasteiger partial charge in [0.15, 0.2) is 17.2 Å². The molecule has 0 aliphatic carbocycles. The van der Waals surface area contributed by atoms with Gasteiger partial charge in [-0.25, -0.2) is 14.6 Å². The van der Waals surface area contributed by atoms with Crippen LogP contribution < -0.4 is 9.47 Å². The molecule has 3 aromatic carbocycles. The normalized spacial score (nSPS) is 13.8. The minimum atomic E-state index is -0.728. The van der Waals surface area contributed by atoms with Crippen LogP contribution >= 0.6 is 27.5 Å². The molecular weight excluding hydrogens is 568 g/mol. The Bertz CT molecular complexity index is 1500. The summed E-state index contributed by atoms with van der Waals surface area (Å²) in [6, 6.07) is 14.0. The number of nitro groups is 1. The van der Waals surface area contributed by atoms with E-state index in [2.05, 4.69) is 20.9 Å². The van der Waals surface area contributed by atoms with E-state index in [0.29, 0.717) is 22.2 Å². The number of halogens is 2. The Morgan fingerprint density at radius 3 is 2.65 bits per heavy atom. The lowest BCUT2D eigenvalue weighted by Gasteiger charge is -2.14. The molecule has 188 valence electrons. The molecule has 0 amide bonds. The standard InChI is InChI=1S/C26H18BrClN2O7/c1-3-35-22-12-15(10-19(27)23(22)36-25(31)17-7-5-4-6-14(17)2)11-21-26(32)37-24(29-21)18-9-8-16(30(33)34)13-20(18)28/h4-13H,3H2,1-2H3/b21-11-. The molecule has 37 heavy (non-hydrogen) atoms. The lowest BCUT2D eigenvalue weighted by atomic mass is 10.1. The average Bonchev–Trinajstić information content (AvgIpc) is 3.21. The number of cyclic esters (lactones) is 1. The second kappa shape index (κ2) is 10.9. The first kappa shape index (κ1) is 26.1. The van der Waals surface area contributed by atoms with Crippen LogP contribution in [0.4, 0.5) is 5.69 Å². The van der Waals surface area contributed by atoms with Crippen LogP contribution in [0, 0.1) is 17.0 Å². The second-order valence-electron chi connectivity index (χ2n) is 7.72. The van der Waals surface area contributed by atoms with Crippen molar-refractivity contribution >= 4 is 57.1 Å². The number of carbonyl (C=O) groups excluding carboxylic acids is 2. The third kappa shape index (κ3) is 5.71. The smallest absolute Gasteiger partial charge is 0.363 e. The highest BCUT2D eigenvalue weighted by Gasteiger charge is 2.27. The zero-order valence-electron chi connectivity index (χ0n) is 19.5. The first-order valence-corrected chi connectivity index (χ1v) is 12.1. The molecule has 0 unspecified atom stereocenters. The molecule has 0 N–H and O–H groups in total. The first-order chi connectivity index (χ1) is 17.7. The van der Waals surface area contributed by atoms with Gasteiger partial charge in [-0.1, -0.05) is 29.8 Å². The van der Waals surface area contributed by atoms with Crippen LogP contribution in [-0.2, 0) is 9.53 Å². The number of hydrogen-bond donors (Lipinski definition) is 0. The molecule has 0 saturated heterocycles. The third-order valence-corrected chi connectivity index (χ3v) is 6.11. The molecule has 4 rings (SSSR count). The molecule has 9 nitrogen and oxygen atoms in total. The number of carbonyl (C=O) groups is 2. The highest BCUT2D eigenvalue weighted by atomic mass is 79.9. The van der Waals surface area contributed by atoms with Crippen molar-refractivity contribution < 1.29 is 28.7 Å². The van der Waals surface area contributed by atoms with E-state index in [-0.39, 0.29) is 39.4 Å². The molecule has 1 aliphatic heterocycles. The van der Waals surface area contributed by atoms with Gasteiger partial charge in [0.1, 0.15) is 0 Å². The van der Waals surface area contributed by atoms with Gasteiger partial charge in [-0.2, -0.15) is 0 Å². The molecule has 1 heterocycles. The molecule has 3 aromatic rings. The van der Waals surface area contributed by atoms with Crippen molar-refractivity contribution in [2.75, 3.05) is 6.61 Å². The van der Waals surface area contributed by atoms with Gasteiger partial charge in [-0.05, 0) is 71.2 Å². The van der Waals surface area contributed by atoms with Gasteiger partial charge < -0.3 is 14.2 Å². The molecule has 0 saturated carbocycles. The van der Waals surface area contributed by atoms with Crippen molar-refractivity contribution in [3.63, 3.8) is 0 Å². The van der Waals surface area contributed by atoms with Gasteiger partial charge in [-0.15, -0.1) is 0 Å². The van der Waals surface area contributed by atoms with E-state index in [1.165, 1.54) is 18.2 Å². The summed E-state index contributed by atoms with van der Waals surface area (Å²) in [6.45, 7) is 3.89. The summed E-state index contributed by atoms with van der Waals surface area (Å²) < 4.78 is 17.0. The van der Waals surface area contributed by atoms with Crippen LogP contribution in [0.25, 0.3) is 6.08 Å². The van der Waals surface area contributed by atoms with Gasteiger partial charge >= 0.3 is 11.9 Å². The Morgan fingerprint density at radius 1 is 1.22 bits per heavy atom. The van der Waals surface area contributed by atoms with E-state index >= 15 is 0 Å². The molecule has 1 aliphatic rings. The summed E-state index contributed by atoms with van der Waals surface area (Å²) in [7, 11) is 0. The maximum absolute atomic E-state index is 12.8. The zero-order valence-corrected chi connectivity index (χ0v) is 21.8. The highest BCUT2D eigenvalue weighted by molar-refractivity contribution is 9.10. The fraction of sp³-hybridized carbons (Fsp3) is 0.115. The van der Waals surface area contributed by atoms with Crippen LogP contribution in [0.2, 0.25) is 5.02 Å². The fourth-order valence-corrected chi connectivity index (χ4v) is 4.25. The van der Waals surface area contributed by atoms with E-state index in [9.17, 15) is 19.7 Å². The number of esters is 2. The maximum atomic E-state index is 12.8. The summed E-state index contributed by atoms with van der Waals surface area (Å²) in [4.78, 5) is 39.8. The van der Waals surface area contributed by atoms with Gasteiger partial charge in [0.05, 0.1) is 32.2 Å². The minimum Gasteiger partial charge on any atom is -0.490 e. The summed E-state index contributed by atoms with van der Waals surface area (Å²) in [5, 5.41) is 11.0. The lowest BCUT2D eigenvalue weighted by Crippen LogP contribution is -2.11. The quantitative estimate of drug-likeness (QED) is 0.105. The number of rotatable bonds is 7. The lowest BCUT2D eigenvalue weighted by molar-refractivity contribution is -0.384. The van der Waals surface area contributed by atoms with Crippen LogP contribution in [0.1, 0.15) is 34.0 Å². The molecule has 11 heteroatoms. The second-order valence-corrected chi connectivity index (χ2v) is 8.99. The molecule has 0 radical (unpaired) electrons. The Kier molecular flexibility index (Phi) is 7.70. The van der Waals surface area contributed by atoms with E-state index in [4.69, 9.17) is 25.8 Å². The predicted molar refractivity (Wildman–Crippen MR) is 140 cm³/mol. The molecule has 0 aromatic heterocycles. The van der Waals surface area contributed by atoms with Gasteiger partial charge in [0.25, 0.3) is 5.69 Å². The average molecular weight is 586 g/mol. The minimum absolute atomic E-state index is 0.0169. The van der Waals surface area contributed by atoms with Gasteiger partial charge in [0.2, 0.25) is 5.90 Å². The van der Waals surface area contributed by atoms with Crippen molar-refractivity contribution in [2.45, 2.75) is 13.8 Å². The van der Waals surface area contributed by atoms with Crippen LogP contribution in [-0.4, -0.2) is 29.4 Å². The summed E-state index contributed by atoms with van der Waals surface area (Å²) in [6.07, 6.45) is 1.47. The summed E-state index contributed by atoms with van der Waals surface area (Å²) in [5.74, 6) is -0.884. The van der Waals surface area contributed by atoms with Gasteiger partial charge in [-0.3, -0.25) is 10.1 Å². The number of benzene rings is 3. The SMILES string of the molecule is CCOc1cc(/C=C2\N=C(c3ccc([N+](=O)[O-])cc3Cl)OC2=O)cc(Br)c1OC(=O)c1ccccc1C. The summed E-state index contributed by atoms with van der Waals surface area (Å²) >= 11 is 9.56. The molecule has 0 fully saturated rings. The number of nitrogens with zero attached hydrogens (tertiary/aromatic N) is 2. The Morgan fingerprint density at radius 2 is 1.97 bits per heavy atom. The van der Waals surface area contributed by atoms with E-state index in [0.717, 1.165) is 11.6 Å². The largest absolute Gasteiger partial charge is 0.490 e. The third-order valence-electron chi connectivity index (χ3n) is 5.21. The van der Waals surface area contributed by atoms with Crippen molar-refractivity contribution in [1.29, 1.82) is 0 Å². The number of ether oxygens (including phenoxy) is 3. The topological polar surface area (TPSA) is 117 Å². The van der Waals surface area contributed by atoms with E-state index in [1.807, 2.05) is 19.1 Å². The number of aliphatic imine (C=N–C) groups is 1. The zero-order chi connectivity index (χ0) is 26.7.